The predicted molar refractivity (Wildman–Crippen MR) is 70.9 cm³/mol. The Labute approximate surface area is 108 Å². The van der Waals surface area contributed by atoms with Gasteiger partial charge in [0.2, 0.25) is 5.91 Å². The molecule has 0 bridgehead atoms. The van der Waals surface area contributed by atoms with Crippen LogP contribution < -0.4 is 10.1 Å². The standard InChI is InChI=1S/C15H19NO2/c1-9-4-3-5-11(9)14-12-8-10(18-2)6-7-13(12)16-15(14)17/h6-9,11,14H,3-5H2,1-2H3,(H,16,17). The summed E-state index contributed by atoms with van der Waals surface area (Å²) in [5.74, 6) is 2.14. The van der Waals surface area contributed by atoms with Gasteiger partial charge in [0, 0.05) is 5.69 Å². The summed E-state index contributed by atoms with van der Waals surface area (Å²) in [6.07, 6.45) is 3.65. The normalized spacial score (nSPS) is 30.1. The molecule has 0 spiro atoms. The summed E-state index contributed by atoms with van der Waals surface area (Å²) in [6.45, 7) is 2.27. The predicted octanol–water partition coefficient (Wildman–Crippen LogP) is 3.17. The Morgan fingerprint density at radius 1 is 1.33 bits per heavy atom. The summed E-state index contributed by atoms with van der Waals surface area (Å²) in [5.41, 5.74) is 2.09. The van der Waals surface area contributed by atoms with Gasteiger partial charge in [0.1, 0.15) is 5.75 Å². The van der Waals surface area contributed by atoms with E-state index in [0.717, 1.165) is 23.4 Å². The van der Waals surface area contributed by atoms with Crippen LogP contribution in [0.4, 0.5) is 5.69 Å². The van der Waals surface area contributed by atoms with E-state index >= 15 is 0 Å². The molecule has 3 atom stereocenters. The molecule has 0 saturated heterocycles. The van der Waals surface area contributed by atoms with E-state index in [2.05, 4.69) is 12.2 Å². The van der Waals surface area contributed by atoms with Crippen molar-refractivity contribution in [2.75, 3.05) is 12.4 Å². The lowest BCUT2D eigenvalue weighted by atomic mass is 9.81. The Morgan fingerprint density at radius 3 is 2.83 bits per heavy atom. The molecule has 1 aromatic carbocycles. The Morgan fingerprint density at radius 2 is 2.17 bits per heavy atom. The molecule has 0 radical (unpaired) electrons. The molecule has 18 heavy (non-hydrogen) atoms. The van der Waals surface area contributed by atoms with Crippen molar-refractivity contribution < 1.29 is 9.53 Å². The van der Waals surface area contributed by atoms with E-state index in [1.54, 1.807) is 7.11 Å². The molecule has 1 aliphatic heterocycles. The number of rotatable bonds is 2. The SMILES string of the molecule is COc1ccc2c(c1)C(C1CCCC1C)C(=O)N2. The lowest BCUT2D eigenvalue weighted by Gasteiger charge is -2.21. The van der Waals surface area contributed by atoms with Gasteiger partial charge >= 0.3 is 0 Å². The number of hydrogen-bond acceptors (Lipinski definition) is 2. The molecule has 2 aliphatic rings. The molecule has 96 valence electrons. The van der Waals surface area contributed by atoms with Crippen molar-refractivity contribution in [3.05, 3.63) is 23.8 Å². The van der Waals surface area contributed by atoms with E-state index in [4.69, 9.17) is 4.74 Å². The summed E-state index contributed by atoms with van der Waals surface area (Å²) < 4.78 is 5.27. The first-order chi connectivity index (χ1) is 8.70. The van der Waals surface area contributed by atoms with Crippen molar-refractivity contribution >= 4 is 11.6 Å². The van der Waals surface area contributed by atoms with Crippen molar-refractivity contribution in [3.63, 3.8) is 0 Å². The lowest BCUT2D eigenvalue weighted by Crippen LogP contribution is -2.22. The largest absolute Gasteiger partial charge is 0.497 e. The van der Waals surface area contributed by atoms with Crippen LogP contribution in [-0.2, 0) is 4.79 Å². The summed E-state index contributed by atoms with van der Waals surface area (Å²) in [4.78, 5) is 12.2. The molecule has 1 amide bonds. The number of ether oxygens (including phenoxy) is 1. The third-order valence-electron chi connectivity index (χ3n) is 4.49. The Balaban J connectivity index is 1.99. The average Bonchev–Trinajstić information content (AvgIpc) is 2.90. The molecular weight excluding hydrogens is 226 g/mol. The number of benzene rings is 1. The van der Waals surface area contributed by atoms with Crippen molar-refractivity contribution in [2.24, 2.45) is 11.8 Å². The smallest absolute Gasteiger partial charge is 0.232 e. The van der Waals surface area contributed by atoms with E-state index in [1.165, 1.54) is 12.8 Å². The Kier molecular flexibility index (Phi) is 2.77. The molecule has 3 rings (SSSR count). The third-order valence-corrected chi connectivity index (χ3v) is 4.49. The van der Waals surface area contributed by atoms with Crippen molar-refractivity contribution in [1.29, 1.82) is 0 Å². The van der Waals surface area contributed by atoms with Gasteiger partial charge in [-0.15, -0.1) is 0 Å². The third kappa shape index (κ3) is 1.69. The van der Waals surface area contributed by atoms with Crippen LogP contribution in [0.1, 0.15) is 37.7 Å². The maximum atomic E-state index is 12.2. The number of carbonyl (C=O) groups excluding carboxylic acids is 1. The fourth-order valence-electron chi connectivity index (χ4n) is 3.49. The number of nitrogens with one attached hydrogen (secondary N) is 1. The molecule has 3 unspecified atom stereocenters. The highest BCUT2D eigenvalue weighted by Crippen LogP contribution is 2.47. The highest BCUT2D eigenvalue weighted by atomic mass is 16.5. The van der Waals surface area contributed by atoms with Crippen molar-refractivity contribution in [3.8, 4) is 5.75 Å². The summed E-state index contributed by atoms with van der Waals surface area (Å²) >= 11 is 0. The highest BCUT2D eigenvalue weighted by Gasteiger charge is 2.41. The van der Waals surface area contributed by atoms with Crippen LogP contribution >= 0.6 is 0 Å². The van der Waals surface area contributed by atoms with Gasteiger partial charge in [-0.3, -0.25) is 4.79 Å². The zero-order valence-electron chi connectivity index (χ0n) is 10.9. The quantitative estimate of drug-likeness (QED) is 0.869. The minimum absolute atomic E-state index is 0.0209. The minimum atomic E-state index is 0.0209. The molecule has 1 aromatic rings. The lowest BCUT2D eigenvalue weighted by molar-refractivity contribution is -0.118. The topological polar surface area (TPSA) is 38.3 Å². The summed E-state index contributed by atoms with van der Waals surface area (Å²) in [6, 6.07) is 5.87. The second-order valence-electron chi connectivity index (χ2n) is 5.49. The van der Waals surface area contributed by atoms with Gasteiger partial charge in [-0.05, 0) is 42.0 Å². The van der Waals surface area contributed by atoms with E-state index < -0.39 is 0 Å². The van der Waals surface area contributed by atoms with E-state index in [1.807, 2.05) is 18.2 Å². The molecule has 3 heteroatoms. The van der Waals surface area contributed by atoms with Crippen LogP contribution in [0.3, 0.4) is 0 Å². The van der Waals surface area contributed by atoms with Crippen molar-refractivity contribution in [1.82, 2.24) is 0 Å². The number of carbonyl (C=O) groups is 1. The Hall–Kier alpha value is -1.51. The molecule has 3 nitrogen and oxygen atoms in total. The first-order valence-corrected chi connectivity index (χ1v) is 6.69. The first kappa shape index (κ1) is 11.6. The average molecular weight is 245 g/mol. The van der Waals surface area contributed by atoms with Gasteiger partial charge in [-0.1, -0.05) is 19.8 Å². The van der Waals surface area contributed by atoms with Gasteiger partial charge in [0.15, 0.2) is 0 Å². The van der Waals surface area contributed by atoms with Crippen LogP contribution in [0, 0.1) is 11.8 Å². The maximum absolute atomic E-state index is 12.2. The molecule has 1 aliphatic carbocycles. The number of amides is 1. The van der Waals surface area contributed by atoms with Crippen LogP contribution in [0.2, 0.25) is 0 Å². The summed E-state index contributed by atoms with van der Waals surface area (Å²) in [7, 11) is 1.67. The number of methoxy groups -OCH3 is 1. The first-order valence-electron chi connectivity index (χ1n) is 6.69. The monoisotopic (exact) mass is 245 g/mol. The minimum Gasteiger partial charge on any atom is -0.497 e. The van der Waals surface area contributed by atoms with E-state index in [-0.39, 0.29) is 11.8 Å². The van der Waals surface area contributed by atoms with Crippen LogP contribution in [0.15, 0.2) is 18.2 Å². The Bertz CT molecular complexity index is 483. The maximum Gasteiger partial charge on any atom is 0.232 e. The van der Waals surface area contributed by atoms with Crippen LogP contribution in [-0.4, -0.2) is 13.0 Å². The molecule has 1 saturated carbocycles. The molecule has 0 aromatic heterocycles. The fraction of sp³-hybridized carbons (Fsp3) is 0.533. The molecule has 1 heterocycles. The van der Waals surface area contributed by atoms with Gasteiger partial charge in [-0.2, -0.15) is 0 Å². The molecule has 1 fully saturated rings. The van der Waals surface area contributed by atoms with E-state index in [0.29, 0.717) is 11.8 Å². The van der Waals surface area contributed by atoms with Gasteiger partial charge < -0.3 is 10.1 Å². The summed E-state index contributed by atoms with van der Waals surface area (Å²) in [5, 5.41) is 3.00. The zero-order valence-corrected chi connectivity index (χ0v) is 10.9. The van der Waals surface area contributed by atoms with Gasteiger partial charge in [-0.25, -0.2) is 0 Å². The molecular formula is C15H19NO2. The zero-order chi connectivity index (χ0) is 12.7. The number of hydrogen-bond donors (Lipinski definition) is 1. The fourth-order valence-corrected chi connectivity index (χ4v) is 3.49. The van der Waals surface area contributed by atoms with Gasteiger partial charge in [0.05, 0.1) is 13.0 Å². The second-order valence-corrected chi connectivity index (χ2v) is 5.49. The van der Waals surface area contributed by atoms with Crippen molar-refractivity contribution in [2.45, 2.75) is 32.1 Å². The van der Waals surface area contributed by atoms with Crippen LogP contribution in [0.25, 0.3) is 0 Å². The molecule has 1 N–H and O–H groups in total. The number of fused-ring (bicyclic) bond motifs is 1. The van der Waals surface area contributed by atoms with E-state index in [9.17, 15) is 4.79 Å². The highest BCUT2D eigenvalue weighted by molar-refractivity contribution is 6.03. The van der Waals surface area contributed by atoms with Crippen LogP contribution in [0.5, 0.6) is 5.75 Å². The van der Waals surface area contributed by atoms with Gasteiger partial charge in [0.25, 0.3) is 0 Å². The second kappa shape index (κ2) is 4.30. The number of anilines is 1.